The van der Waals surface area contributed by atoms with E-state index >= 15 is 0 Å². The Morgan fingerprint density at radius 1 is 0.944 bits per heavy atom. The molecule has 0 amide bonds. The lowest BCUT2D eigenvalue weighted by atomic mass is 10.0. The van der Waals surface area contributed by atoms with Crippen LogP contribution in [0.25, 0.3) is 11.1 Å². The number of Topliss-reactive ketones (excluding diaryl/α,β-unsaturated/α-hetero) is 1. The van der Waals surface area contributed by atoms with Crippen LogP contribution in [0.15, 0.2) is 54.6 Å². The third-order valence-corrected chi connectivity index (χ3v) is 2.75. The minimum Gasteiger partial charge on any atom is -0.374 e. The molecular formula is C16H16O2. The summed E-state index contributed by atoms with van der Waals surface area (Å²) in [6.07, 6.45) is 0. The van der Waals surface area contributed by atoms with Gasteiger partial charge in [0.05, 0.1) is 0 Å². The van der Waals surface area contributed by atoms with Crippen molar-refractivity contribution < 1.29 is 9.53 Å². The van der Waals surface area contributed by atoms with Crippen LogP contribution in [0.2, 0.25) is 0 Å². The van der Waals surface area contributed by atoms with Crippen LogP contribution in [0.1, 0.15) is 17.3 Å². The highest BCUT2D eigenvalue weighted by Gasteiger charge is 2.05. The topological polar surface area (TPSA) is 26.3 Å². The molecule has 0 aromatic heterocycles. The fourth-order valence-electron chi connectivity index (χ4n) is 1.76. The lowest BCUT2D eigenvalue weighted by Gasteiger charge is -2.04. The van der Waals surface area contributed by atoms with Gasteiger partial charge in [0.2, 0.25) is 0 Å². The van der Waals surface area contributed by atoms with E-state index in [9.17, 15) is 4.79 Å². The summed E-state index contributed by atoms with van der Waals surface area (Å²) >= 11 is 0. The summed E-state index contributed by atoms with van der Waals surface area (Å²) in [5.41, 5.74) is 2.97. The number of ether oxygens (including phenoxy) is 1. The van der Waals surface area contributed by atoms with Crippen LogP contribution in [0.4, 0.5) is 0 Å². The maximum atomic E-state index is 11.7. The Bertz CT molecular complexity index is 500. The molecule has 2 heteroatoms. The number of rotatable bonds is 5. The third kappa shape index (κ3) is 3.05. The van der Waals surface area contributed by atoms with Gasteiger partial charge >= 0.3 is 0 Å². The van der Waals surface area contributed by atoms with Gasteiger partial charge in [-0.3, -0.25) is 4.79 Å². The maximum Gasteiger partial charge on any atom is 0.188 e. The van der Waals surface area contributed by atoms with Crippen molar-refractivity contribution in [2.24, 2.45) is 0 Å². The standard InChI is InChI=1S/C16H16O2/c1-2-18-12-16(17)15-10-8-14(9-11-15)13-6-4-3-5-7-13/h3-11H,2,12H2,1H3. The van der Waals surface area contributed by atoms with Crippen LogP contribution in [-0.4, -0.2) is 19.0 Å². The van der Waals surface area contributed by atoms with E-state index in [-0.39, 0.29) is 12.4 Å². The predicted octanol–water partition coefficient (Wildman–Crippen LogP) is 3.57. The Balaban J connectivity index is 2.13. The smallest absolute Gasteiger partial charge is 0.188 e. The summed E-state index contributed by atoms with van der Waals surface area (Å²) in [7, 11) is 0. The highest BCUT2D eigenvalue weighted by Crippen LogP contribution is 2.19. The lowest BCUT2D eigenvalue weighted by molar-refractivity contribution is 0.0783. The molecule has 92 valence electrons. The van der Waals surface area contributed by atoms with Gasteiger partial charge in [-0.05, 0) is 18.1 Å². The van der Waals surface area contributed by atoms with Gasteiger partial charge in [-0.15, -0.1) is 0 Å². The first-order valence-electron chi connectivity index (χ1n) is 6.07. The zero-order valence-corrected chi connectivity index (χ0v) is 10.4. The molecule has 0 radical (unpaired) electrons. The van der Waals surface area contributed by atoms with E-state index in [1.165, 1.54) is 0 Å². The van der Waals surface area contributed by atoms with Gasteiger partial charge in [-0.2, -0.15) is 0 Å². The van der Waals surface area contributed by atoms with Gasteiger partial charge in [0.1, 0.15) is 6.61 Å². The number of carbonyl (C=O) groups is 1. The van der Waals surface area contributed by atoms with Crippen LogP contribution in [-0.2, 0) is 4.74 Å². The molecule has 0 bridgehead atoms. The van der Waals surface area contributed by atoms with E-state index in [1.54, 1.807) is 0 Å². The second-order valence-corrected chi connectivity index (χ2v) is 4.00. The molecule has 0 saturated heterocycles. The van der Waals surface area contributed by atoms with E-state index in [1.807, 2.05) is 49.4 Å². The monoisotopic (exact) mass is 240 g/mol. The zero-order chi connectivity index (χ0) is 12.8. The molecule has 0 aliphatic carbocycles. The fraction of sp³-hybridized carbons (Fsp3) is 0.188. The Kier molecular flexibility index (Phi) is 4.26. The zero-order valence-electron chi connectivity index (χ0n) is 10.4. The first-order chi connectivity index (χ1) is 8.81. The fourth-order valence-corrected chi connectivity index (χ4v) is 1.76. The minimum absolute atomic E-state index is 0.0245. The summed E-state index contributed by atoms with van der Waals surface area (Å²) in [5, 5.41) is 0. The highest BCUT2D eigenvalue weighted by atomic mass is 16.5. The van der Waals surface area contributed by atoms with Gasteiger partial charge < -0.3 is 4.74 Å². The van der Waals surface area contributed by atoms with Crippen LogP contribution in [0.5, 0.6) is 0 Å². The summed E-state index contributed by atoms with van der Waals surface area (Å²) in [5.74, 6) is 0.0245. The molecule has 0 fully saturated rings. The van der Waals surface area contributed by atoms with Crippen molar-refractivity contribution in [3.63, 3.8) is 0 Å². The van der Waals surface area contributed by atoms with Crippen LogP contribution in [0, 0.1) is 0 Å². The number of carbonyl (C=O) groups excluding carboxylic acids is 1. The van der Waals surface area contributed by atoms with E-state index < -0.39 is 0 Å². The van der Waals surface area contributed by atoms with Crippen molar-refractivity contribution in [2.75, 3.05) is 13.2 Å². The summed E-state index contributed by atoms with van der Waals surface area (Å²) in [6, 6.07) is 17.7. The highest BCUT2D eigenvalue weighted by molar-refractivity contribution is 5.97. The second-order valence-electron chi connectivity index (χ2n) is 4.00. The molecule has 0 N–H and O–H groups in total. The second kappa shape index (κ2) is 6.12. The Morgan fingerprint density at radius 2 is 1.56 bits per heavy atom. The van der Waals surface area contributed by atoms with Gasteiger partial charge in [0.25, 0.3) is 0 Å². The summed E-state index contributed by atoms with van der Waals surface area (Å²) in [4.78, 5) is 11.7. The molecule has 0 saturated carbocycles. The van der Waals surface area contributed by atoms with Crippen LogP contribution < -0.4 is 0 Å². The minimum atomic E-state index is 0.0245. The predicted molar refractivity (Wildman–Crippen MR) is 72.7 cm³/mol. The van der Waals surface area contributed by atoms with E-state index in [0.29, 0.717) is 12.2 Å². The van der Waals surface area contributed by atoms with E-state index in [0.717, 1.165) is 11.1 Å². The van der Waals surface area contributed by atoms with Crippen LogP contribution in [0.3, 0.4) is 0 Å². The van der Waals surface area contributed by atoms with Crippen molar-refractivity contribution in [3.05, 3.63) is 60.2 Å². The quantitative estimate of drug-likeness (QED) is 0.747. The average Bonchev–Trinajstić information content (AvgIpc) is 2.46. The molecule has 0 spiro atoms. The van der Waals surface area contributed by atoms with Crippen molar-refractivity contribution in [1.82, 2.24) is 0 Å². The van der Waals surface area contributed by atoms with Gasteiger partial charge in [0.15, 0.2) is 5.78 Å². The lowest BCUT2D eigenvalue weighted by Crippen LogP contribution is -2.08. The van der Waals surface area contributed by atoms with Crippen molar-refractivity contribution in [3.8, 4) is 11.1 Å². The van der Waals surface area contributed by atoms with Crippen molar-refractivity contribution >= 4 is 5.78 Å². The molecular weight excluding hydrogens is 224 g/mol. The molecule has 0 atom stereocenters. The molecule has 2 nitrogen and oxygen atoms in total. The molecule has 18 heavy (non-hydrogen) atoms. The summed E-state index contributed by atoms with van der Waals surface area (Å²) in [6.45, 7) is 2.60. The molecule has 2 rings (SSSR count). The first-order valence-corrected chi connectivity index (χ1v) is 6.07. The molecule has 2 aromatic rings. The Labute approximate surface area is 107 Å². The van der Waals surface area contributed by atoms with E-state index in [2.05, 4.69) is 12.1 Å². The van der Waals surface area contributed by atoms with E-state index in [4.69, 9.17) is 4.74 Å². The number of hydrogen-bond donors (Lipinski definition) is 0. The van der Waals surface area contributed by atoms with Crippen molar-refractivity contribution in [1.29, 1.82) is 0 Å². The maximum absolute atomic E-state index is 11.7. The molecule has 2 aromatic carbocycles. The van der Waals surface area contributed by atoms with Gasteiger partial charge in [-0.25, -0.2) is 0 Å². The Hall–Kier alpha value is -1.93. The SMILES string of the molecule is CCOCC(=O)c1ccc(-c2ccccc2)cc1. The van der Waals surface area contributed by atoms with Crippen LogP contribution >= 0.6 is 0 Å². The summed E-state index contributed by atoms with van der Waals surface area (Å²) < 4.78 is 5.12. The number of hydrogen-bond acceptors (Lipinski definition) is 2. The van der Waals surface area contributed by atoms with Gasteiger partial charge in [-0.1, -0.05) is 54.6 Å². The molecule has 0 heterocycles. The first kappa shape index (κ1) is 12.5. The Morgan fingerprint density at radius 3 is 2.17 bits per heavy atom. The third-order valence-electron chi connectivity index (χ3n) is 2.75. The number of benzene rings is 2. The largest absolute Gasteiger partial charge is 0.374 e. The molecule has 0 aliphatic heterocycles. The van der Waals surface area contributed by atoms with Gasteiger partial charge in [0, 0.05) is 12.2 Å². The average molecular weight is 240 g/mol. The normalized spacial score (nSPS) is 10.3. The molecule has 0 aliphatic rings. The molecule has 0 unspecified atom stereocenters. The van der Waals surface area contributed by atoms with Crippen molar-refractivity contribution in [2.45, 2.75) is 6.92 Å². The number of ketones is 1.